The van der Waals surface area contributed by atoms with Crippen molar-refractivity contribution in [3.8, 4) is 0 Å². The molecule has 1 atom stereocenters. The molecule has 0 spiro atoms. The van der Waals surface area contributed by atoms with Crippen LogP contribution in [0, 0.1) is 3.57 Å². The number of carbonyl (C=O) groups excluding carboxylic acids is 1. The number of amides is 1. The number of ether oxygens (including phenoxy) is 1. The first-order chi connectivity index (χ1) is 7.20. The van der Waals surface area contributed by atoms with Gasteiger partial charge in [-0.05, 0) is 46.9 Å². The minimum absolute atomic E-state index is 0.132. The van der Waals surface area contributed by atoms with Crippen LogP contribution in [-0.2, 0) is 4.74 Å². The fourth-order valence-electron chi connectivity index (χ4n) is 1.45. The van der Waals surface area contributed by atoms with E-state index in [9.17, 15) is 4.79 Å². The number of rotatable bonds is 2. The molecule has 1 aromatic carbocycles. The first kappa shape index (κ1) is 10.7. The molecule has 1 N–H and O–H groups in total. The van der Waals surface area contributed by atoms with Gasteiger partial charge in [0.15, 0.2) is 0 Å². The van der Waals surface area contributed by atoms with Crippen molar-refractivity contribution in [2.75, 3.05) is 18.1 Å². The van der Waals surface area contributed by atoms with Crippen molar-refractivity contribution in [1.82, 2.24) is 0 Å². The lowest BCUT2D eigenvalue weighted by atomic mass is 10.3. The van der Waals surface area contributed by atoms with Crippen molar-refractivity contribution in [2.24, 2.45) is 0 Å². The van der Waals surface area contributed by atoms with Crippen LogP contribution < -0.4 is 4.90 Å². The molecule has 1 saturated heterocycles. The molecule has 0 radical (unpaired) electrons. The summed E-state index contributed by atoms with van der Waals surface area (Å²) in [5.41, 5.74) is 0.802. The van der Waals surface area contributed by atoms with E-state index in [1.165, 1.54) is 4.90 Å². The minimum Gasteiger partial charge on any atom is -0.441 e. The van der Waals surface area contributed by atoms with Gasteiger partial charge in [0.2, 0.25) is 0 Å². The molecular formula is C10H10INO3. The summed E-state index contributed by atoms with van der Waals surface area (Å²) in [5, 5.41) is 8.89. The van der Waals surface area contributed by atoms with Gasteiger partial charge in [-0.1, -0.05) is 0 Å². The zero-order valence-electron chi connectivity index (χ0n) is 7.89. The second kappa shape index (κ2) is 4.36. The van der Waals surface area contributed by atoms with Crippen molar-refractivity contribution in [3.05, 3.63) is 27.8 Å². The molecular weight excluding hydrogens is 309 g/mol. The molecule has 0 aromatic heterocycles. The third-order valence-electron chi connectivity index (χ3n) is 2.22. The topological polar surface area (TPSA) is 49.8 Å². The summed E-state index contributed by atoms with van der Waals surface area (Å²) >= 11 is 2.20. The van der Waals surface area contributed by atoms with Crippen molar-refractivity contribution >= 4 is 34.4 Å². The van der Waals surface area contributed by atoms with Crippen LogP contribution in [-0.4, -0.2) is 30.5 Å². The standard InChI is InChI=1S/C10H10INO3/c11-7-1-3-8(4-2-7)12-5-9(6-13)15-10(12)14/h1-4,9,13H,5-6H2/t9-/m0/s1. The van der Waals surface area contributed by atoms with Gasteiger partial charge < -0.3 is 9.84 Å². The van der Waals surface area contributed by atoms with Gasteiger partial charge in [0.05, 0.1) is 13.2 Å². The molecule has 0 saturated carbocycles. The summed E-state index contributed by atoms with van der Waals surface area (Å²) in [5.74, 6) is 0. The summed E-state index contributed by atoms with van der Waals surface area (Å²) in [6.07, 6.45) is -0.799. The van der Waals surface area contributed by atoms with Crippen LogP contribution in [0.1, 0.15) is 0 Å². The van der Waals surface area contributed by atoms with E-state index in [0.717, 1.165) is 9.26 Å². The van der Waals surface area contributed by atoms with Crippen molar-refractivity contribution in [2.45, 2.75) is 6.10 Å². The van der Waals surface area contributed by atoms with Crippen LogP contribution in [0.25, 0.3) is 0 Å². The lowest BCUT2D eigenvalue weighted by molar-refractivity contribution is 0.0963. The van der Waals surface area contributed by atoms with E-state index >= 15 is 0 Å². The number of carbonyl (C=O) groups is 1. The highest BCUT2D eigenvalue weighted by atomic mass is 127. The normalized spacial score (nSPS) is 20.5. The Balaban J connectivity index is 2.18. The zero-order chi connectivity index (χ0) is 10.8. The van der Waals surface area contributed by atoms with Gasteiger partial charge in [-0.25, -0.2) is 4.79 Å². The van der Waals surface area contributed by atoms with Crippen LogP contribution in [0.15, 0.2) is 24.3 Å². The van der Waals surface area contributed by atoms with Gasteiger partial charge in [-0.15, -0.1) is 0 Å². The number of aliphatic hydroxyl groups excluding tert-OH is 1. The molecule has 80 valence electrons. The first-order valence-electron chi connectivity index (χ1n) is 4.55. The molecule has 1 aliphatic rings. The molecule has 1 heterocycles. The second-order valence-electron chi connectivity index (χ2n) is 3.28. The number of anilines is 1. The van der Waals surface area contributed by atoms with Crippen LogP contribution in [0.5, 0.6) is 0 Å². The smallest absolute Gasteiger partial charge is 0.414 e. The lowest BCUT2D eigenvalue weighted by Crippen LogP contribution is -2.25. The quantitative estimate of drug-likeness (QED) is 0.843. The Kier molecular flexibility index (Phi) is 3.11. The van der Waals surface area contributed by atoms with Crippen molar-refractivity contribution in [3.63, 3.8) is 0 Å². The maximum Gasteiger partial charge on any atom is 0.414 e. The van der Waals surface area contributed by atoms with E-state index in [2.05, 4.69) is 22.6 Å². The van der Waals surface area contributed by atoms with E-state index in [1.54, 1.807) is 0 Å². The lowest BCUT2D eigenvalue weighted by Gasteiger charge is -2.12. The van der Waals surface area contributed by atoms with Gasteiger partial charge in [0, 0.05) is 9.26 Å². The number of halogens is 1. The summed E-state index contributed by atoms with van der Waals surface area (Å²) in [6, 6.07) is 7.58. The van der Waals surface area contributed by atoms with Crippen molar-refractivity contribution in [1.29, 1.82) is 0 Å². The molecule has 0 unspecified atom stereocenters. The van der Waals surface area contributed by atoms with Gasteiger partial charge in [0.25, 0.3) is 0 Å². The highest BCUT2D eigenvalue weighted by Crippen LogP contribution is 2.22. The van der Waals surface area contributed by atoms with Gasteiger partial charge >= 0.3 is 6.09 Å². The largest absolute Gasteiger partial charge is 0.441 e. The first-order valence-corrected chi connectivity index (χ1v) is 5.63. The molecule has 4 nitrogen and oxygen atoms in total. The van der Waals surface area contributed by atoms with E-state index < -0.39 is 12.2 Å². The number of hydrogen-bond acceptors (Lipinski definition) is 3. The van der Waals surface area contributed by atoms with Gasteiger partial charge in [-0.3, -0.25) is 4.90 Å². The third kappa shape index (κ3) is 2.23. The fourth-order valence-corrected chi connectivity index (χ4v) is 1.81. The maximum atomic E-state index is 11.4. The summed E-state index contributed by atoms with van der Waals surface area (Å²) in [7, 11) is 0. The van der Waals surface area contributed by atoms with E-state index in [1.807, 2.05) is 24.3 Å². The second-order valence-corrected chi connectivity index (χ2v) is 4.52. The molecule has 1 aromatic rings. The Bertz CT molecular complexity index is 365. The summed E-state index contributed by atoms with van der Waals surface area (Å²) < 4.78 is 6.06. The maximum absolute atomic E-state index is 11.4. The fraction of sp³-hybridized carbons (Fsp3) is 0.300. The number of benzene rings is 1. The van der Waals surface area contributed by atoms with Crippen LogP contribution in [0.4, 0.5) is 10.5 Å². The number of hydrogen-bond donors (Lipinski definition) is 1. The highest BCUT2D eigenvalue weighted by Gasteiger charge is 2.31. The molecule has 5 heteroatoms. The van der Waals surface area contributed by atoms with E-state index in [0.29, 0.717) is 6.54 Å². The Morgan fingerprint density at radius 2 is 2.13 bits per heavy atom. The Morgan fingerprint density at radius 3 is 2.67 bits per heavy atom. The molecule has 0 aliphatic carbocycles. The van der Waals surface area contributed by atoms with Crippen LogP contribution in [0.3, 0.4) is 0 Å². The van der Waals surface area contributed by atoms with E-state index in [-0.39, 0.29) is 6.61 Å². The average molecular weight is 319 g/mol. The Morgan fingerprint density at radius 1 is 1.47 bits per heavy atom. The number of aliphatic hydroxyl groups is 1. The SMILES string of the molecule is O=C1O[C@H](CO)CN1c1ccc(I)cc1. The van der Waals surface area contributed by atoms with Crippen LogP contribution >= 0.6 is 22.6 Å². The number of nitrogens with zero attached hydrogens (tertiary/aromatic N) is 1. The highest BCUT2D eigenvalue weighted by molar-refractivity contribution is 14.1. The third-order valence-corrected chi connectivity index (χ3v) is 2.94. The van der Waals surface area contributed by atoms with Crippen LogP contribution in [0.2, 0.25) is 0 Å². The molecule has 15 heavy (non-hydrogen) atoms. The Hall–Kier alpha value is -0.820. The van der Waals surface area contributed by atoms with Crippen molar-refractivity contribution < 1.29 is 14.6 Å². The zero-order valence-corrected chi connectivity index (χ0v) is 10.0. The molecule has 1 fully saturated rings. The number of cyclic esters (lactones) is 1. The van der Waals surface area contributed by atoms with E-state index in [4.69, 9.17) is 9.84 Å². The minimum atomic E-state index is -0.406. The Labute approximate surface area is 101 Å². The molecule has 0 bridgehead atoms. The predicted molar refractivity (Wildman–Crippen MR) is 63.9 cm³/mol. The van der Waals surface area contributed by atoms with Gasteiger partial charge in [-0.2, -0.15) is 0 Å². The predicted octanol–water partition coefficient (Wildman–Crippen LogP) is 1.61. The van der Waals surface area contributed by atoms with Gasteiger partial charge in [0.1, 0.15) is 6.10 Å². The molecule has 1 aliphatic heterocycles. The summed E-state index contributed by atoms with van der Waals surface area (Å²) in [6.45, 7) is 0.280. The molecule has 2 rings (SSSR count). The summed E-state index contributed by atoms with van der Waals surface area (Å²) in [4.78, 5) is 12.9. The monoisotopic (exact) mass is 319 g/mol. The average Bonchev–Trinajstić information content (AvgIpc) is 2.61. The molecule has 1 amide bonds.